The molecule has 2 N–H and O–H groups in total. The van der Waals surface area contributed by atoms with Crippen molar-refractivity contribution in [3.8, 4) is 77.1 Å². The van der Waals surface area contributed by atoms with Crippen LogP contribution in [-0.4, -0.2) is 32.6 Å². The third kappa shape index (κ3) is 13.1. The third-order valence-corrected chi connectivity index (χ3v) is 16.2. The van der Waals surface area contributed by atoms with Crippen LogP contribution in [-0.2, 0) is 31.9 Å². The Morgan fingerprint density at radius 3 is 1.31 bits per heavy atom. The molecule has 0 amide bonds. The second-order valence-electron chi connectivity index (χ2n) is 22.0. The molecular weight excluding hydrogens is 1250 g/mol. The summed E-state index contributed by atoms with van der Waals surface area (Å²) in [6.45, 7) is 13.4. The molecule has 83 heavy (non-hydrogen) atoms. The van der Waals surface area contributed by atoms with Crippen molar-refractivity contribution in [2.75, 3.05) is 0 Å². The van der Waals surface area contributed by atoms with E-state index in [1.54, 1.807) is 71.5 Å². The number of aromatic hydroxyl groups is 2. The van der Waals surface area contributed by atoms with Crippen LogP contribution in [0.15, 0.2) is 222 Å². The minimum Gasteiger partial charge on any atom is -0.507 e. The molecule has 11 heteroatoms. The fraction of sp³-hybridized carbons (Fsp3) is 0.111. The molecule has 414 valence electrons. The second kappa shape index (κ2) is 24.5. The van der Waals surface area contributed by atoms with Gasteiger partial charge in [0.1, 0.15) is 33.1 Å². The Morgan fingerprint density at radius 1 is 0.434 bits per heavy atom. The molecule has 0 aliphatic heterocycles. The van der Waals surface area contributed by atoms with Crippen LogP contribution in [0.4, 0.5) is 20.2 Å². The zero-order valence-corrected chi connectivity index (χ0v) is 50.3. The van der Waals surface area contributed by atoms with E-state index in [0.29, 0.717) is 11.1 Å². The average Bonchev–Trinajstić information content (AvgIpc) is 3.23. The number of hydrogen-bond donors (Lipinski definition) is 2. The van der Waals surface area contributed by atoms with Gasteiger partial charge >= 0.3 is 0 Å². The van der Waals surface area contributed by atoms with Gasteiger partial charge in [-0.15, -0.1) is 58.6 Å². The van der Waals surface area contributed by atoms with Gasteiger partial charge < -0.3 is 10.2 Å². The van der Waals surface area contributed by atoms with E-state index >= 15 is 0 Å². The first-order valence-corrected chi connectivity index (χ1v) is 28.5. The molecule has 2 aromatic heterocycles. The maximum Gasteiger partial charge on any atom is 0.126 e. The average molecular weight is 1310 g/mol. The number of nitrogens with zero attached hydrogens (tertiary/aromatic N) is 4. The Labute approximate surface area is 505 Å². The smallest absolute Gasteiger partial charge is 0.126 e. The predicted molar refractivity (Wildman–Crippen MR) is 339 cm³/mol. The molecule has 0 atom stereocenters. The van der Waals surface area contributed by atoms with Gasteiger partial charge in [0.25, 0.3) is 0 Å². The number of aromatic nitrogens is 2. The van der Waals surface area contributed by atoms with Gasteiger partial charge in [-0.3, -0.25) is 9.98 Å². The number of benzene rings is 10. The molecule has 0 saturated carbocycles. The number of fused-ring (bicyclic) bond motifs is 2. The first-order chi connectivity index (χ1) is 39.5. The summed E-state index contributed by atoms with van der Waals surface area (Å²) < 4.78 is 29.1. The Kier molecular flexibility index (Phi) is 17.0. The van der Waals surface area contributed by atoms with E-state index in [1.165, 1.54) is 35.4 Å². The van der Waals surface area contributed by atoms with Crippen LogP contribution in [0.2, 0.25) is 0 Å². The topological polar surface area (TPSA) is 91.0 Å². The van der Waals surface area contributed by atoms with Crippen molar-refractivity contribution in [2.24, 2.45) is 9.98 Å². The molecule has 6 nitrogen and oxygen atoms in total. The van der Waals surface area contributed by atoms with E-state index in [1.807, 2.05) is 97.1 Å². The molecule has 0 spiro atoms. The van der Waals surface area contributed by atoms with Crippen molar-refractivity contribution >= 4 is 66.9 Å². The standard InChI is InChI=1S/C36H29FN2OS.C36H28FN2OS.Pt/c2*1-36(2,3)27-20-30(24-9-5-4-6-10-24)34-33(21-27)41-35(39-34)29-11-7-8-12-31(29)38-22-26-19-25(15-18-32(26)40)23-13-16-28(37)17-14-23;/h4-22,40H,1-3H3;4-9,11-22,40H,1-3H3;/q;-1;. The normalized spacial score (nSPS) is 11.8. The molecule has 2 heterocycles. The summed E-state index contributed by atoms with van der Waals surface area (Å²) in [6, 6.07) is 69.8. The quantitative estimate of drug-likeness (QED) is 0.105. The molecular formula is C72H57F2N4O2PtS2-. The van der Waals surface area contributed by atoms with Crippen molar-refractivity contribution in [1.82, 2.24) is 9.97 Å². The van der Waals surface area contributed by atoms with Gasteiger partial charge in [-0.05, 0) is 141 Å². The molecule has 0 radical (unpaired) electrons. The summed E-state index contributed by atoms with van der Waals surface area (Å²) in [7, 11) is 0. The van der Waals surface area contributed by atoms with E-state index in [-0.39, 0.29) is 55.0 Å². The van der Waals surface area contributed by atoms with Crippen LogP contribution in [0.3, 0.4) is 0 Å². The van der Waals surface area contributed by atoms with Gasteiger partial charge in [0.15, 0.2) is 0 Å². The van der Waals surface area contributed by atoms with Gasteiger partial charge in [0.05, 0.1) is 21.6 Å². The molecule has 0 aliphatic rings. The van der Waals surface area contributed by atoms with Crippen LogP contribution in [0, 0.1) is 17.7 Å². The molecule has 0 unspecified atom stereocenters. The summed E-state index contributed by atoms with van der Waals surface area (Å²) >= 11 is 3.31. The summed E-state index contributed by atoms with van der Waals surface area (Å²) in [5, 5.41) is 22.9. The SMILES string of the molecule is CC(C)(C)c1cc(-c2[c-]cccc2)c2nc(-c3ccccc3N=Cc3cc(-c4ccc(F)cc4)ccc3O)sc2c1.CC(C)(C)c1cc(-c2ccccc2)c2nc(-c3ccccc3N=Cc3cc(-c4ccc(F)cc4)ccc3O)sc2c1.[Pt]. The van der Waals surface area contributed by atoms with Crippen LogP contribution >= 0.6 is 22.7 Å². The number of hydrogen-bond acceptors (Lipinski definition) is 8. The minimum atomic E-state index is -0.288. The fourth-order valence-corrected chi connectivity index (χ4v) is 11.7. The van der Waals surface area contributed by atoms with Gasteiger partial charge in [0.2, 0.25) is 0 Å². The number of halogens is 2. The van der Waals surface area contributed by atoms with Crippen LogP contribution in [0.25, 0.3) is 86.1 Å². The number of aliphatic imine (C=N–C) groups is 2. The molecule has 0 fully saturated rings. The van der Waals surface area contributed by atoms with E-state index in [9.17, 15) is 19.0 Å². The summed E-state index contributed by atoms with van der Waals surface area (Å²) in [4.78, 5) is 19.8. The first kappa shape index (κ1) is 57.7. The molecule has 0 aliphatic carbocycles. The zero-order valence-electron chi connectivity index (χ0n) is 46.4. The van der Waals surface area contributed by atoms with Gasteiger partial charge in [-0.25, -0.2) is 18.7 Å². The van der Waals surface area contributed by atoms with Gasteiger partial charge in [-0.1, -0.05) is 144 Å². The van der Waals surface area contributed by atoms with Crippen molar-refractivity contribution in [2.45, 2.75) is 52.4 Å². The number of phenols is 2. The Bertz CT molecular complexity index is 4060. The molecule has 12 rings (SSSR count). The van der Waals surface area contributed by atoms with E-state index in [4.69, 9.17) is 20.0 Å². The third-order valence-electron chi connectivity index (χ3n) is 14.2. The minimum absolute atomic E-state index is 0. The fourth-order valence-electron chi connectivity index (χ4n) is 9.53. The monoisotopic (exact) mass is 1310 g/mol. The second-order valence-corrected chi connectivity index (χ2v) is 24.1. The molecule has 12 aromatic rings. The van der Waals surface area contributed by atoms with Crippen molar-refractivity contribution in [1.29, 1.82) is 0 Å². The maximum atomic E-state index is 13.4. The Morgan fingerprint density at radius 2 is 0.855 bits per heavy atom. The molecule has 10 aromatic carbocycles. The molecule has 0 bridgehead atoms. The van der Waals surface area contributed by atoms with Crippen molar-refractivity contribution in [3.63, 3.8) is 0 Å². The van der Waals surface area contributed by atoms with E-state index < -0.39 is 0 Å². The van der Waals surface area contributed by atoms with Crippen LogP contribution in [0.5, 0.6) is 11.5 Å². The number of thiazole rings is 2. The maximum absolute atomic E-state index is 13.4. The number of phenolic OH excluding ortho intramolecular Hbond substituents is 2. The van der Waals surface area contributed by atoms with E-state index in [2.05, 4.69) is 102 Å². The summed E-state index contributed by atoms with van der Waals surface area (Å²) in [5.41, 5.74) is 16.7. The van der Waals surface area contributed by atoms with Crippen LogP contribution < -0.4 is 0 Å². The number of rotatable bonds is 10. The largest absolute Gasteiger partial charge is 0.507 e. The Balaban J connectivity index is 0.000000183. The Hall–Kier alpha value is -8.53. The van der Waals surface area contributed by atoms with Crippen LogP contribution in [0.1, 0.15) is 63.8 Å². The summed E-state index contributed by atoms with van der Waals surface area (Å²) in [6.07, 6.45) is 3.33. The van der Waals surface area contributed by atoms with Crippen molar-refractivity contribution < 1.29 is 40.1 Å². The predicted octanol–water partition coefficient (Wildman–Crippen LogP) is 20.2. The van der Waals surface area contributed by atoms with E-state index in [0.717, 1.165) is 97.5 Å². The van der Waals surface area contributed by atoms with Crippen molar-refractivity contribution in [3.05, 3.63) is 252 Å². The first-order valence-electron chi connectivity index (χ1n) is 26.9. The summed E-state index contributed by atoms with van der Waals surface area (Å²) in [5.74, 6) is -0.328. The number of para-hydroxylation sites is 2. The van der Waals surface area contributed by atoms with Gasteiger partial charge in [0, 0.05) is 71.5 Å². The zero-order chi connectivity index (χ0) is 57.1. The van der Waals surface area contributed by atoms with Gasteiger partial charge in [-0.2, -0.15) is 0 Å². The molecule has 0 saturated heterocycles.